The molecule has 10 heteroatoms. The largest absolute Gasteiger partial charge is 0.382 e. The van der Waals surface area contributed by atoms with Crippen LogP contribution in [0, 0.1) is 11.6 Å². The fourth-order valence-electron chi connectivity index (χ4n) is 4.37. The zero-order valence-electron chi connectivity index (χ0n) is 19.4. The van der Waals surface area contributed by atoms with Crippen molar-refractivity contribution in [2.24, 2.45) is 0 Å². The first-order valence-electron chi connectivity index (χ1n) is 11.4. The van der Waals surface area contributed by atoms with E-state index in [9.17, 15) is 13.9 Å². The SMILES string of the molecule is C[C@@H](SC1COC(c2ccc3cc(Br)ccc3c2)OC1)[C@](O)(Cn1cncn1)c1ccc(F)cc1F. The molecule has 36 heavy (non-hydrogen) atoms. The Morgan fingerprint density at radius 1 is 1.11 bits per heavy atom. The first kappa shape index (κ1) is 25.3. The average molecular weight is 576 g/mol. The van der Waals surface area contributed by atoms with Gasteiger partial charge in [-0.05, 0) is 35.0 Å². The first-order valence-corrected chi connectivity index (χ1v) is 13.1. The lowest BCUT2D eigenvalue weighted by molar-refractivity contribution is -0.179. The van der Waals surface area contributed by atoms with Gasteiger partial charge in [0.2, 0.25) is 0 Å². The highest BCUT2D eigenvalue weighted by Gasteiger charge is 2.41. The number of rotatable bonds is 7. The molecule has 3 aromatic carbocycles. The molecule has 0 unspecified atom stereocenters. The molecule has 188 valence electrons. The summed E-state index contributed by atoms with van der Waals surface area (Å²) in [7, 11) is 0. The molecule has 1 saturated heterocycles. The van der Waals surface area contributed by atoms with Crippen molar-refractivity contribution in [1.29, 1.82) is 0 Å². The molecule has 1 N–H and O–H groups in total. The summed E-state index contributed by atoms with van der Waals surface area (Å²) in [5.41, 5.74) is -0.755. The number of thioether (sulfide) groups is 1. The third-order valence-electron chi connectivity index (χ3n) is 6.30. The lowest BCUT2D eigenvalue weighted by Crippen LogP contribution is -2.43. The summed E-state index contributed by atoms with van der Waals surface area (Å²) in [4.78, 5) is 3.91. The van der Waals surface area contributed by atoms with Gasteiger partial charge in [0.15, 0.2) is 6.29 Å². The third-order valence-corrected chi connectivity index (χ3v) is 8.25. The molecule has 0 radical (unpaired) electrons. The second-order valence-corrected chi connectivity index (χ2v) is 11.4. The van der Waals surface area contributed by atoms with Crippen molar-refractivity contribution >= 4 is 38.5 Å². The Labute approximate surface area is 219 Å². The van der Waals surface area contributed by atoms with E-state index in [4.69, 9.17) is 9.47 Å². The predicted molar refractivity (Wildman–Crippen MR) is 137 cm³/mol. The third kappa shape index (κ3) is 5.33. The van der Waals surface area contributed by atoms with E-state index in [1.165, 1.54) is 35.2 Å². The van der Waals surface area contributed by atoms with Crippen molar-refractivity contribution < 1.29 is 23.4 Å². The van der Waals surface area contributed by atoms with Gasteiger partial charge in [-0.15, -0.1) is 11.8 Å². The average Bonchev–Trinajstić information content (AvgIpc) is 3.37. The van der Waals surface area contributed by atoms with Gasteiger partial charge in [-0.2, -0.15) is 5.10 Å². The minimum absolute atomic E-state index is 0.00211. The summed E-state index contributed by atoms with van der Waals surface area (Å²) < 4.78 is 42.9. The molecular weight excluding hydrogens is 552 g/mol. The van der Waals surface area contributed by atoms with Crippen molar-refractivity contribution in [3.05, 3.63) is 94.5 Å². The molecule has 0 spiro atoms. The molecule has 0 aliphatic carbocycles. The Balaban J connectivity index is 1.29. The molecule has 2 heterocycles. The highest BCUT2D eigenvalue weighted by molar-refractivity contribution is 9.10. The van der Waals surface area contributed by atoms with Gasteiger partial charge in [-0.1, -0.05) is 47.1 Å². The van der Waals surface area contributed by atoms with Crippen LogP contribution in [0.2, 0.25) is 0 Å². The molecular formula is C26H24BrF2N3O3S. The summed E-state index contributed by atoms with van der Waals surface area (Å²) in [6.07, 6.45) is 2.30. The van der Waals surface area contributed by atoms with Gasteiger partial charge in [-0.25, -0.2) is 18.4 Å². The van der Waals surface area contributed by atoms with Gasteiger partial charge in [0, 0.05) is 26.9 Å². The van der Waals surface area contributed by atoms with E-state index < -0.39 is 28.8 Å². The predicted octanol–water partition coefficient (Wildman–Crippen LogP) is 5.60. The van der Waals surface area contributed by atoms with Gasteiger partial charge >= 0.3 is 0 Å². The second-order valence-electron chi connectivity index (χ2n) is 8.79. The molecule has 4 aromatic rings. The highest BCUT2D eigenvalue weighted by atomic mass is 79.9. The van der Waals surface area contributed by atoms with E-state index in [-0.39, 0.29) is 17.4 Å². The monoisotopic (exact) mass is 575 g/mol. The number of aromatic nitrogens is 3. The molecule has 2 atom stereocenters. The standard InChI is InChI=1S/C26H24BrF2N3O3S/c1-16(26(33,13-32-15-30-14-31-32)23-7-6-21(28)10-24(23)29)36-22-11-34-25(35-12-22)19-3-2-18-9-20(27)5-4-17(18)8-19/h2-10,14-16,22,25,33H,11-13H2,1H3/t16-,22?,25?,26-/m1/s1. The van der Waals surface area contributed by atoms with Crippen LogP contribution in [-0.4, -0.2) is 43.6 Å². The van der Waals surface area contributed by atoms with Crippen LogP contribution in [0.1, 0.15) is 24.3 Å². The number of hydrogen-bond acceptors (Lipinski definition) is 6. The summed E-state index contributed by atoms with van der Waals surface area (Å²) >= 11 is 4.92. The van der Waals surface area contributed by atoms with E-state index in [1.807, 2.05) is 24.3 Å². The van der Waals surface area contributed by atoms with Crippen molar-refractivity contribution in [3.8, 4) is 0 Å². The number of halogens is 3. The topological polar surface area (TPSA) is 69.4 Å². The summed E-state index contributed by atoms with van der Waals surface area (Å²) in [6.45, 7) is 2.54. The Kier molecular flexibility index (Phi) is 7.41. The lowest BCUT2D eigenvalue weighted by atomic mass is 9.90. The van der Waals surface area contributed by atoms with Crippen LogP contribution in [0.3, 0.4) is 0 Å². The van der Waals surface area contributed by atoms with Crippen LogP contribution < -0.4 is 0 Å². The van der Waals surface area contributed by atoms with Crippen LogP contribution in [0.5, 0.6) is 0 Å². The minimum Gasteiger partial charge on any atom is -0.382 e. The van der Waals surface area contributed by atoms with Gasteiger partial charge in [-0.3, -0.25) is 0 Å². The smallest absolute Gasteiger partial charge is 0.183 e. The zero-order chi connectivity index (χ0) is 25.3. The van der Waals surface area contributed by atoms with Gasteiger partial charge in [0.25, 0.3) is 0 Å². The maximum atomic E-state index is 14.8. The number of hydrogen-bond donors (Lipinski definition) is 1. The molecule has 0 amide bonds. The number of nitrogens with zero attached hydrogens (tertiary/aromatic N) is 3. The molecule has 0 saturated carbocycles. The normalized spacial score (nSPS) is 20.8. The first-order chi connectivity index (χ1) is 17.3. The summed E-state index contributed by atoms with van der Waals surface area (Å²) in [5, 5.41) is 17.4. The Hall–Kier alpha value is -2.37. The van der Waals surface area contributed by atoms with Crippen molar-refractivity contribution in [2.45, 2.75) is 35.9 Å². The van der Waals surface area contributed by atoms with Crippen LogP contribution >= 0.6 is 27.7 Å². The zero-order valence-corrected chi connectivity index (χ0v) is 21.8. The van der Waals surface area contributed by atoms with Crippen LogP contribution in [0.4, 0.5) is 8.78 Å². The quantitative estimate of drug-likeness (QED) is 0.309. The number of ether oxygens (including phenoxy) is 2. The van der Waals surface area contributed by atoms with E-state index >= 15 is 0 Å². The number of aliphatic hydroxyl groups is 1. The molecule has 1 aliphatic rings. The maximum Gasteiger partial charge on any atom is 0.183 e. The van der Waals surface area contributed by atoms with Crippen LogP contribution in [-0.2, 0) is 21.6 Å². The highest BCUT2D eigenvalue weighted by Crippen LogP contribution is 2.39. The van der Waals surface area contributed by atoms with Gasteiger partial charge < -0.3 is 14.6 Å². The lowest BCUT2D eigenvalue weighted by Gasteiger charge is -2.37. The van der Waals surface area contributed by atoms with E-state index in [1.54, 1.807) is 6.92 Å². The molecule has 5 rings (SSSR count). The minimum atomic E-state index is -1.68. The van der Waals surface area contributed by atoms with Crippen LogP contribution in [0.25, 0.3) is 10.8 Å². The van der Waals surface area contributed by atoms with Gasteiger partial charge in [0.05, 0.1) is 25.0 Å². The van der Waals surface area contributed by atoms with Gasteiger partial charge in [0.1, 0.15) is 29.9 Å². The summed E-state index contributed by atoms with van der Waals surface area (Å²) in [6, 6.07) is 15.4. The second kappa shape index (κ2) is 10.5. The molecule has 1 fully saturated rings. The maximum absolute atomic E-state index is 14.8. The number of fused-ring (bicyclic) bond motifs is 1. The molecule has 1 aliphatic heterocycles. The summed E-state index contributed by atoms with van der Waals surface area (Å²) in [5.74, 6) is -1.52. The Morgan fingerprint density at radius 3 is 2.58 bits per heavy atom. The van der Waals surface area contributed by atoms with Crippen LogP contribution in [0.15, 0.2) is 71.7 Å². The molecule has 1 aromatic heterocycles. The van der Waals surface area contributed by atoms with E-state index in [2.05, 4.69) is 38.1 Å². The Morgan fingerprint density at radius 2 is 1.86 bits per heavy atom. The van der Waals surface area contributed by atoms with Crippen molar-refractivity contribution in [2.75, 3.05) is 13.2 Å². The fraction of sp³-hybridized carbons (Fsp3) is 0.308. The fourth-order valence-corrected chi connectivity index (χ4v) is 6.07. The van der Waals surface area contributed by atoms with Crippen molar-refractivity contribution in [3.63, 3.8) is 0 Å². The van der Waals surface area contributed by atoms with E-state index in [0.29, 0.717) is 13.2 Å². The number of benzene rings is 3. The molecule has 6 nitrogen and oxygen atoms in total. The molecule has 0 bridgehead atoms. The van der Waals surface area contributed by atoms with Crippen molar-refractivity contribution in [1.82, 2.24) is 14.8 Å². The van der Waals surface area contributed by atoms with E-state index in [0.717, 1.165) is 32.9 Å². The Bertz CT molecular complexity index is 1350.